The Kier molecular flexibility index (Phi) is 6.45. The van der Waals surface area contributed by atoms with Gasteiger partial charge in [-0.25, -0.2) is 0 Å². The van der Waals surface area contributed by atoms with Crippen LogP contribution in [0.1, 0.15) is 29.9 Å². The second-order valence-electron chi connectivity index (χ2n) is 7.74. The van der Waals surface area contributed by atoms with Gasteiger partial charge in [-0.1, -0.05) is 64.8 Å². The third kappa shape index (κ3) is 5.07. The Bertz CT molecular complexity index is 994. The molecule has 1 aliphatic rings. The Morgan fingerprint density at radius 3 is 2.63 bits per heavy atom. The summed E-state index contributed by atoms with van der Waals surface area (Å²) in [5, 5.41) is 7.79. The first kappa shape index (κ1) is 20.6. The van der Waals surface area contributed by atoms with Crippen LogP contribution < -0.4 is 5.32 Å². The fourth-order valence-electron chi connectivity index (χ4n) is 3.65. The van der Waals surface area contributed by atoms with Crippen molar-refractivity contribution in [1.82, 2.24) is 20.4 Å². The van der Waals surface area contributed by atoms with E-state index >= 15 is 0 Å². The van der Waals surface area contributed by atoms with Gasteiger partial charge in [0, 0.05) is 23.0 Å². The van der Waals surface area contributed by atoms with E-state index in [9.17, 15) is 4.79 Å². The lowest BCUT2D eigenvalue weighted by Crippen LogP contribution is -2.40. The summed E-state index contributed by atoms with van der Waals surface area (Å²) in [6.45, 7) is 4.76. The average Bonchev–Trinajstić information content (AvgIpc) is 3.22. The van der Waals surface area contributed by atoms with Gasteiger partial charge in [0.15, 0.2) is 0 Å². The average molecular weight is 425 g/mol. The predicted octanol–water partition coefficient (Wildman–Crippen LogP) is 4.23. The molecule has 2 heterocycles. The standard InChI is InChI=1S/C23H25ClN4O2/c1-16-6-8-17(9-7-16)22-26-21(30-27-22)15-28-12-10-18(11-13-28)23(29)25-14-19-4-2-3-5-20(19)24/h2-9,18H,10-15H2,1H3,(H,25,29). The first-order chi connectivity index (χ1) is 14.6. The monoisotopic (exact) mass is 424 g/mol. The van der Waals surface area contributed by atoms with Crippen molar-refractivity contribution in [2.75, 3.05) is 13.1 Å². The molecule has 0 atom stereocenters. The summed E-state index contributed by atoms with van der Waals surface area (Å²) in [5.41, 5.74) is 3.08. The molecule has 1 fully saturated rings. The predicted molar refractivity (Wildman–Crippen MR) is 116 cm³/mol. The van der Waals surface area contributed by atoms with Crippen molar-refractivity contribution in [2.24, 2.45) is 5.92 Å². The van der Waals surface area contributed by atoms with Crippen LogP contribution in [0, 0.1) is 12.8 Å². The largest absolute Gasteiger partial charge is 0.352 e. The third-order valence-corrected chi connectivity index (χ3v) is 5.87. The van der Waals surface area contributed by atoms with Crippen LogP contribution >= 0.6 is 11.6 Å². The van der Waals surface area contributed by atoms with Gasteiger partial charge in [0.05, 0.1) is 6.54 Å². The van der Waals surface area contributed by atoms with E-state index in [1.165, 1.54) is 5.56 Å². The van der Waals surface area contributed by atoms with Crippen LogP contribution in [0.15, 0.2) is 53.1 Å². The summed E-state index contributed by atoms with van der Waals surface area (Å²) in [6.07, 6.45) is 1.63. The molecule has 1 saturated heterocycles. The maximum Gasteiger partial charge on any atom is 0.241 e. The van der Waals surface area contributed by atoms with E-state index in [-0.39, 0.29) is 11.8 Å². The molecule has 4 rings (SSSR count). The van der Waals surface area contributed by atoms with Crippen LogP contribution in [0.4, 0.5) is 0 Å². The van der Waals surface area contributed by atoms with Crippen molar-refractivity contribution >= 4 is 17.5 Å². The zero-order valence-electron chi connectivity index (χ0n) is 17.0. The highest BCUT2D eigenvalue weighted by Gasteiger charge is 2.26. The van der Waals surface area contributed by atoms with Gasteiger partial charge < -0.3 is 9.84 Å². The molecule has 1 aliphatic heterocycles. The van der Waals surface area contributed by atoms with Gasteiger partial charge in [0.25, 0.3) is 0 Å². The molecule has 0 radical (unpaired) electrons. The third-order valence-electron chi connectivity index (χ3n) is 5.51. The number of hydrogen-bond donors (Lipinski definition) is 1. The van der Waals surface area contributed by atoms with Gasteiger partial charge in [-0.05, 0) is 44.5 Å². The molecular formula is C23H25ClN4O2. The summed E-state index contributed by atoms with van der Waals surface area (Å²) < 4.78 is 5.43. The van der Waals surface area contributed by atoms with Crippen LogP contribution in [0.2, 0.25) is 5.02 Å². The molecule has 6 nitrogen and oxygen atoms in total. The number of nitrogens with zero attached hydrogens (tertiary/aromatic N) is 3. The molecule has 1 N–H and O–H groups in total. The number of likely N-dealkylation sites (tertiary alicyclic amines) is 1. The number of benzene rings is 2. The Morgan fingerprint density at radius 2 is 1.90 bits per heavy atom. The lowest BCUT2D eigenvalue weighted by Gasteiger charge is -2.30. The fraction of sp³-hybridized carbons (Fsp3) is 0.348. The highest BCUT2D eigenvalue weighted by Crippen LogP contribution is 2.21. The second kappa shape index (κ2) is 9.41. The maximum absolute atomic E-state index is 12.5. The van der Waals surface area contributed by atoms with Crippen LogP contribution in [0.5, 0.6) is 0 Å². The van der Waals surface area contributed by atoms with E-state index < -0.39 is 0 Å². The zero-order chi connectivity index (χ0) is 20.9. The molecule has 0 unspecified atom stereocenters. The molecule has 0 bridgehead atoms. The highest BCUT2D eigenvalue weighted by molar-refractivity contribution is 6.31. The molecule has 0 aliphatic carbocycles. The number of rotatable bonds is 6. The van der Waals surface area contributed by atoms with Crippen molar-refractivity contribution in [3.05, 3.63) is 70.6 Å². The summed E-state index contributed by atoms with van der Waals surface area (Å²) in [6, 6.07) is 15.6. The first-order valence-electron chi connectivity index (χ1n) is 10.2. The molecule has 30 heavy (non-hydrogen) atoms. The summed E-state index contributed by atoms with van der Waals surface area (Å²) in [4.78, 5) is 19.3. The van der Waals surface area contributed by atoms with Crippen molar-refractivity contribution < 1.29 is 9.32 Å². The van der Waals surface area contributed by atoms with E-state index in [2.05, 4.69) is 20.4 Å². The Labute approximate surface area is 181 Å². The number of carbonyl (C=O) groups is 1. The minimum absolute atomic E-state index is 0.0227. The SMILES string of the molecule is Cc1ccc(-c2noc(CN3CCC(C(=O)NCc4ccccc4Cl)CC3)n2)cc1. The van der Waals surface area contributed by atoms with E-state index in [1.807, 2.05) is 55.5 Å². The van der Waals surface area contributed by atoms with Gasteiger partial charge >= 0.3 is 0 Å². The van der Waals surface area contributed by atoms with Crippen molar-refractivity contribution in [1.29, 1.82) is 0 Å². The number of aryl methyl sites for hydroxylation is 1. The second-order valence-corrected chi connectivity index (χ2v) is 8.14. The number of piperidine rings is 1. The molecule has 1 amide bonds. The molecule has 1 aromatic heterocycles. The van der Waals surface area contributed by atoms with Crippen LogP contribution in [0.25, 0.3) is 11.4 Å². The summed E-state index contributed by atoms with van der Waals surface area (Å²) in [5.74, 6) is 1.33. The highest BCUT2D eigenvalue weighted by atomic mass is 35.5. The molecular weight excluding hydrogens is 400 g/mol. The number of carbonyl (C=O) groups excluding carboxylic acids is 1. The molecule has 0 spiro atoms. The van der Waals surface area contributed by atoms with Crippen molar-refractivity contribution in [3.63, 3.8) is 0 Å². The van der Waals surface area contributed by atoms with Crippen molar-refractivity contribution in [2.45, 2.75) is 32.9 Å². The number of amides is 1. The van der Waals surface area contributed by atoms with Gasteiger partial charge in [0.1, 0.15) is 0 Å². The lowest BCUT2D eigenvalue weighted by molar-refractivity contribution is -0.126. The van der Waals surface area contributed by atoms with Gasteiger partial charge in [-0.15, -0.1) is 0 Å². The summed E-state index contributed by atoms with van der Waals surface area (Å²) >= 11 is 6.16. The number of aromatic nitrogens is 2. The van der Waals surface area contributed by atoms with E-state index in [4.69, 9.17) is 16.1 Å². The van der Waals surface area contributed by atoms with Crippen LogP contribution in [0.3, 0.4) is 0 Å². The zero-order valence-corrected chi connectivity index (χ0v) is 17.7. The van der Waals surface area contributed by atoms with Crippen molar-refractivity contribution in [3.8, 4) is 11.4 Å². The first-order valence-corrected chi connectivity index (χ1v) is 10.6. The van der Waals surface area contributed by atoms with Crippen LogP contribution in [-0.2, 0) is 17.9 Å². The normalized spacial score (nSPS) is 15.3. The molecule has 3 aromatic rings. The number of hydrogen-bond acceptors (Lipinski definition) is 5. The Balaban J connectivity index is 1.25. The topological polar surface area (TPSA) is 71.3 Å². The number of nitrogens with one attached hydrogen (secondary N) is 1. The quantitative estimate of drug-likeness (QED) is 0.641. The van der Waals surface area contributed by atoms with Gasteiger partial charge in [-0.2, -0.15) is 4.98 Å². The molecule has 0 saturated carbocycles. The fourth-order valence-corrected chi connectivity index (χ4v) is 3.85. The smallest absolute Gasteiger partial charge is 0.241 e. The van der Waals surface area contributed by atoms with Gasteiger partial charge in [-0.3, -0.25) is 9.69 Å². The minimum Gasteiger partial charge on any atom is -0.352 e. The lowest BCUT2D eigenvalue weighted by atomic mass is 9.96. The van der Waals surface area contributed by atoms with Gasteiger partial charge in [0.2, 0.25) is 17.6 Å². The molecule has 7 heteroatoms. The maximum atomic E-state index is 12.5. The van der Waals surface area contributed by atoms with E-state index in [0.29, 0.717) is 29.8 Å². The number of halogens is 1. The Hall–Kier alpha value is -2.70. The van der Waals surface area contributed by atoms with E-state index in [1.54, 1.807) is 0 Å². The Morgan fingerprint density at radius 1 is 1.17 bits per heavy atom. The molecule has 2 aromatic carbocycles. The molecule has 156 valence electrons. The van der Waals surface area contributed by atoms with Crippen LogP contribution in [-0.4, -0.2) is 34.0 Å². The minimum atomic E-state index is 0.0227. The summed E-state index contributed by atoms with van der Waals surface area (Å²) in [7, 11) is 0. The van der Waals surface area contributed by atoms with E-state index in [0.717, 1.165) is 37.1 Å².